The summed E-state index contributed by atoms with van der Waals surface area (Å²) in [6.45, 7) is 5.53. The maximum Gasteiger partial charge on any atom is 0.123 e. The van der Waals surface area contributed by atoms with Gasteiger partial charge in [0.25, 0.3) is 0 Å². The zero-order chi connectivity index (χ0) is 17.6. The fourth-order valence-corrected chi connectivity index (χ4v) is 4.53. The first-order chi connectivity index (χ1) is 12.0. The summed E-state index contributed by atoms with van der Waals surface area (Å²) in [4.78, 5) is 5.02. The fraction of sp³-hybridized carbons (Fsp3) is 0.429. The maximum atomic E-state index is 13.3. The minimum Gasteiger partial charge on any atom is -0.301 e. The van der Waals surface area contributed by atoms with Crippen molar-refractivity contribution in [3.8, 4) is 0 Å². The van der Waals surface area contributed by atoms with Gasteiger partial charge in [-0.15, -0.1) is 0 Å². The molecule has 0 aromatic heterocycles. The standard InChI is InChI=1S/C21H24ClFN2/c1-14-13-25(10-9-24(14)2)21-12-19(15-3-6-17(23)7-4-15)18-8-5-16(22)11-20(18)21/h3-8,11,14,19,21H,9-10,12-13H2,1-2H3. The molecule has 0 spiro atoms. The Balaban J connectivity index is 1.68. The van der Waals surface area contributed by atoms with Crippen LogP contribution in [-0.4, -0.2) is 42.5 Å². The SMILES string of the molecule is CC1CN(C2CC(c3ccc(F)cc3)c3ccc(Cl)cc32)CCN1C. The first kappa shape index (κ1) is 17.0. The predicted molar refractivity (Wildman–Crippen MR) is 101 cm³/mol. The molecule has 2 aromatic carbocycles. The predicted octanol–water partition coefficient (Wildman–Crippen LogP) is 4.69. The highest BCUT2D eigenvalue weighted by molar-refractivity contribution is 6.30. The number of hydrogen-bond acceptors (Lipinski definition) is 2. The first-order valence-electron chi connectivity index (χ1n) is 9.02. The van der Waals surface area contributed by atoms with Gasteiger partial charge in [0, 0.05) is 42.7 Å². The Kier molecular flexibility index (Phi) is 4.57. The van der Waals surface area contributed by atoms with Crippen LogP contribution in [0.2, 0.25) is 5.02 Å². The molecule has 0 radical (unpaired) electrons. The minimum absolute atomic E-state index is 0.178. The molecule has 1 aliphatic heterocycles. The molecule has 2 aromatic rings. The van der Waals surface area contributed by atoms with Crippen LogP contribution in [0, 0.1) is 5.82 Å². The molecule has 0 bridgehead atoms. The molecule has 132 valence electrons. The Labute approximate surface area is 154 Å². The van der Waals surface area contributed by atoms with Gasteiger partial charge in [-0.2, -0.15) is 0 Å². The molecule has 0 saturated carbocycles. The molecule has 3 atom stereocenters. The van der Waals surface area contributed by atoms with Crippen molar-refractivity contribution < 1.29 is 4.39 Å². The van der Waals surface area contributed by atoms with Crippen molar-refractivity contribution in [2.45, 2.75) is 31.3 Å². The Morgan fingerprint density at radius 2 is 1.80 bits per heavy atom. The van der Waals surface area contributed by atoms with Gasteiger partial charge >= 0.3 is 0 Å². The zero-order valence-corrected chi connectivity index (χ0v) is 15.5. The van der Waals surface area contributed by atoms with E-state index in [4.69, 9.17) is 11.6 Å². The summed E-state index contributed by atoms with van der Waals surface area (Å²) >= 11 is 6.32. The lowest BCUT2D eigenvalue weighted by atomic mass is 9.93. The van der Waals surface area contributed by atoms with Crippen LogP contribution in [0.25, 0.3) is 0 Å². The Hall–Kier alpha value is -1.42. The molecule has 4 heteroatoms. The van der Waals surface area contributed by atoms with E-state index >= 15 is 0 Å². The number of rotatable bonds is 2. The van der Waals surface area contributed by atoms with E-state index < -0.39 is 0 Å². The van der Waals surface area contributed by atoms with Gasteiger partial charge in [-0.3, -0.25) is 4.90 Å². The third-order valence-corrected chi connectivity index (χ3v) is 6.18. The lowest BCUT2D eigenvalue weighted by Gasteiger charge is -2.41. The Morgan fingerprint density at radius 1 is 1.04 bits per heavy atom. The highest BCUT2D eigenvalue weighted by Crippen LogP contribution is 2.47. The van der Waals surface area contributed by atoms with Gasteiger partial charge in [-0.25, -0.2) is 4.39 Å². The van der Waals surface area contributed by atoms with Gasteiger partial charge in [0.15, 0.2) is 0 Å². The number of benzene rings is 2. The average molecular weight is 359 g/mol. The molecule has 3 unspecified atom stereocenters. The number of nitrogens with zero attached hydrogens (tertiary/aromatic N) is 2. The molecule has 4 rings (SSSR count). The first-order valence-corrected chi connectivity index (χ1v) is 9.40. The maximum absolute atomic E-state index is 13.3. The highest BCUT2D eigenvalue weighted by atomic mass is 35.5. The van der Waals surface area contributed by atoms with Crippen LogP contribution in [0.5, 0.6) is 0 Å². The number of fused-ring (bicyclic) bond motifs is 1. The molecular formula is C21H24ClFN2. The minimum atomic E-state index is -0.178. The largest absolute Gasteiger partial charge is 0.301 e. The summed E-state index contributed by atoms with van der Waals surface area (Å²) in [7, 11) is 2.20. The molecule has 0 N–H and O–H groups in total. The lowest BCUT2D eigenvalue weighted by Crippen LogP contribution is -2.50. The van der Waals surface area contributed by atoms with E-state index in [0.717, 1.165) is 31.1 Å². The summed E-state index contributed by atoms with van der Waals surface area (Å²) in [5, 5.41) is 0.797. The lowest BCUT2D eigenvalue weighted by molar-refractivity contribution is 0.0709. The van der Waals surface area contributed by atoms with Crippen molar-refractivity contribution in [3.05, 3.63) is 70.0 Å². The summed E-state index contributed by atoms with van der Waals surface area (Å²) < 4.78 is 13.3. The second kappa shape index (κ2) is 6.71. The summed E-state index contributed by atoms with van der Waals surface area (Å²) in [6.07, 6.45) is 1.04. The van der Waals surface area contributed by atoms with Gasteiger partial charge in [0.1, 0.15) is 5.82 Å². The number of piperazine rings is 1. The highest BCUT2D eigenvalue weighted by Gasteiger charge is 2.37. The van der Waals surface area contributed by atoms with Crippen LogP contribution in [0.1, 0.15) is 42.0 Å². The van der Waals surface area contributed by atoms with E-state index in [-0.39, 0.29) is 5.82 Å². The van der Waals surface area contributed by atoms with E-state index in [1.54, 1.807) is 12.1 Å². The Bertz CT molecular complexity index is 761. The number of halogens is 2. The van der Waals surface area contributed by atoms with Crippen molar-refractivity contribution in [1.29, 1.82) is 0 Å². The molecule has 25 heavy (non-hydrogen) atoms. The van der Waals surface area contributed by atoms with Gasteiger partial charge in [0.05, 0.1) is 0 Å². The molecule has 2 nitrogen and oxygen atoms in total. The molecule has 1 aliphatic carbocycles. The number of hydrogen-bond donors (Lipinski definition) is 0. The van der Waals surface area contributed by atoms with Crippen LogP contribution in [0.3, 0.4) is 0 Å². The molecule has 1 fully saturated rings. The van der Waals surface area contributed by atoms with Crippen LogP contribution in [-0.2, 0) is 0 Å². The zero-order valence-electron chi connectivity index (χ0n) is 14.8. The van der Waals surface area contributed by atoms with Crippen molar-refractivity contribution in [2.75, 3.05) is 26.7 Å². The van der Waals surface area contributed by atoms with E-state index in [1.807, 2.05) is 18.2 Å². The third-order valence-electron chi connectivity index (χ3n) is 5.95. The fourth-order valence-electron chi connectivity index (χ4n) is 4.34. The normalized spacial score (nSPS) is 27.4. The van der Waals surface area contributed by atoms with Crippen molar-refractivity contribution in [2.24, 2.45) is 0 Å². The summed E-state index contributed by atoms with van der Waals surface area (Å²) in [5.74, 6) is 0.135. The second-order valence-corrected chi connectivity index (χ2v) is 7.89. The van der Waals surface area contributed by atoms with Crippen molar-refractivity contribution >= 4 is 11.6 Å². The van der Waals surface area contributed by atoms with Crippen LogP contribution < -0.4 is 0 Å². The molecular weight excluding hydrogens is 335 g/mol. The average Bonchev–Trinajstić information content (AvgIpc) is 2.97. The molecule has 2 aliphatic rings. The third kappa shape index (κ3) is 3.21. The summed E-state index contributed by atoms with van der Waals surface area (Å²) in [6, 6.07) is 14.2. The van der Waals surface area contributed by atoms with Crippen molar-refractivity contribution in [3.63, 3.8) is 0 Å². The van der Waals surface area contributed by atoms with Gasteiger partial charge in [-0.1, -0.05) is 29.8 Å². The van der Waals surface area contributed by atoms with Crippen molar-refractivity contribution in [1.82, 2.24) is 9.80 Å². The van der Waals surface area contributed by atoms with E-state index in [0.29, 0.717) is 18.0 Å². The molecule has 0 amide bonds. The van der Waals surface area contributed by atoms with E-state index in [2.05, 4.69) is 35.9 Å². The quantitative estimate of drug-likeness (QED) is 0.768. The van der Waals surface area contributed by atoms with Gasteiger partial charge in [-0.05, 0) is 61.3 Å². The van der Waals surface area contributed by atoms with Crippen LogP contribution in [0.4, 0.5) is 4.39 Å². The van der Waals surface area contributed by atoms with Crippen LogP contribution >= 0.6 is 11.6 Å². The van der Waals surface area contributed by atoms with Gasteiger partial charge in [0.2, 0.25) is 0 Å². The second-order valence-electron chi connectivity index (χ2n) is 7.45. The number of likely N-dealkylation sites (N-methyl/N-ethyl adjacent to an activating group) is 1. The van der Waals surface area contributed by atoms with E-state index in [1.165, 1.54) is 16.7 Å². The molecule has 1 heterocycles. The van der Waals surface area contributed by atoms with Crippen LogP contribution in [0.15, 0.2) is 42.5 Å². The summed E-state index contributed by atoms with van der Waals surface area (Å²) in [5.41, 5.74) is 3.88. The monoisotopic (exact) mass is 358 g/mol. The molecule has 1 saturated heterocycles. The van der Waals surface area contributed by atoms with Gasteiger partial charge < -0.3 is 4.90 Å². The topological polar surface area (TPSA) is 6.48 Å². The van der Waals surface area contributed by atoms with E-state index in [9.17, 15) is 4.39 Å². The Morgan fingerprint density at radius 3 is 2.52 bits per heavy atom. The smallest absolute Gasteiger partial charge is 0.123 e.